The van der Waals surface area contributed by atoms with Gasteiger partial charge >= 0.3 is 0 Å². The first-order valence-electron chi connectivity index (χ1n) is 5.62. The molecule has 1 aromatic carbocycles. The minimum Gasteiger partial charge on any atom is -0.493 e. The summed E-state index contributed by atoms with van der Waals surface area (Å²) in [6.07, 6.45) is 3.44. The van der Waals surface area contributed by atoms with E-state index in [-0.39, 0.29) is 6.10 Å². The SMILES string of the molecule is COc1ccc(C#N)c(OC2CCC2)c1OC. The molecule has 2 rings (SSSR count). The lowest BCUT2D eigenvalue weighted by Gasteiger charge is -2.27. The third-order valence-electron chi connectivity index (χ3n) is 2.96. The molecular weight excluding hydrogens is 218 g/mol. The first kappa shape index (κ1) is 11.6. The highest BCUT2D eigenvalue weighted by atomic mass is 16.5. The fourth-order valence-corrected chi connectivity index (χ4v) is 1.76. The first-order chi connectivity index (χ1) is 8.30. The van der Waals surface area contributed by atoms with Gasteiger partial charge in [-0.15, -0.1) is 0 Å². The highest BCUT2D eigenvalue weighted by Crippen LogP contribution is 2.41. The lowest BCUT2D eigenvalue weighted by atomic mass is 9.96. The van der Waals surface area contributed by atoms with E-state index in [0.717, 1.165) is 12.8 Å². The largest absolute Gasteiger partial charge is 0.493 e. The molecule has 1 fully saturated rings. The van der Waals surface area contributed by atoms with Crippen LogP contribution in [0.4, 0.5) is 0 Å². The Morgan fingerprint density at radius 3 is 2.41 bits per heavy atom. The van der Waals surface area contributed by atoms with Gasteiger partial charge in [0.15, 0.2) is 11.5 Å². The van der Waals surface area contributed by atoms with Crippen LogP contribution in [0.25, 0.3) is 0 Å². The fraction of sp³-hybridized carbons (Fsp3) is 0.462. The summed E-state index contributed by atoms with van der Waals surface area (Å²) in [5.41, 5.74) is 0.481. The molecule has 0 heterocycles. The number of rotatable bonds is 4. The predicted molar refractivity (Wildman–Crippen MR) is 62.5 cm³/mol. The molecule has 1 aromatic rings. The Hall–Kier alpha value is -1.89. The van der Waals surface area contributed by atoms with E-state index in [4.69, 9.17) is 19.5 Å². The predicted octanol–water partition coefficient (Wildman–Crippen LogP) is 2.51. The van der Waals surface area contributed by atoms with Crippen LogP contribution in [-0.2, 0) is 0 Å². The Balaban J connectivity index is 2.39. The van der Waals surface area contributed by atoms with Gasteiger partial charge in [-0.3, -0.25) is 0 Å². The van der Waals surface area contributed by atoms with Gasteiger partial charge in [0.05, 0.1) is 25.9 Å². The van der Waals surface area contributed by atoms with Gasteiger partial charge in [0.1, 0.15) is 6.07 Å². The van der Waals surface area contributed by atoms with E-state index in [2.05, 4.69) is 6.07 Å². The Labute approximate surface area is 101 Å². The second-order valence-electron chi connectivity index (χ2n) is 3.96. The van der Waals surface area contributed by atoms with Gasteiger partial charge in [-0.25, -0.2) is 0 Å². The number of nitrogens with zero attached hydrogens (tertiary/aromatic N) is 1. The van der Waals surface area contributed by atoms with Gasteiger partial charge in [0.25, 0.3) is 0 Å². The lowest BCUT2D eigenvalue weighted by molar-refractivity contribution is 0.115. The number of nitriles is 1. The molecule has 0 saturated heterocycles. The van der Waals surface area contributed by atoms with Gasteiger partial charge in [0.2, 0.25) is 5.75 Å². The van der Waals surface area contributed by atoms with Crippen molar-refractivity contribution in [3.8, 4) is 23.3 Å². The number of ether oxygens (including phenoxy) is 3. The summed E-state index contributed by atoms with van der Waals surface area (Å²) in [5.74, 6) is 1.58. The van der Waals surface area contributed by atoms with Crippen molar-refractivity contribution in [1.29, 1.82) is 5.26 Å². The second kappa shape index (κ2) is 4.96. The maximum atomic E-state index is 9.08. The summed E-state index contributed by atoms with van der Waals surface area (Å²) in [5, 5.41) is 9.08. The average Bonchev–Trinajstić information content (AvgIpc) is 2.32. The standard InChI is InChI=1S/C13H15NO3/c1-15-11-7-6-9(8-14)12(13(11)16-2)17-10-4-3-5-10/h6-7,10H,3-5H2,1-2H3. The van der Waals surface area contributed by atoms with E-state index in [1.165, 1.54) is 6.42 Å². The molecule has 0 spiro atoms. The summed E-state index contributed by atoms with van der Waals surface area (Å²) in [6.45, 7) is 0. The third kappa shape index (κ3) is 2.14. The maximum absolute atomic E-state index is 9.08. The molecule has 0 atom stereocenters. The van der Waals surface area contributed by atoms with Crippen LogP contribution in [0.3, 0.4) is 0 Å². The van der Waals surface area contributed by atoms with Crippen molar-refractivity contribution >= 4 is 0 Å². The quantitative estimate of drug-likeness (QED) is 0.801. The van der Waals surface area contributed by atoms with Crippen molar-refractivity contribution in [1.82, 2.24) is 0 Å². The Morgan fingerprint density at radius 1 is 1.18 bits per heavy atom. The zero-order chi connectivity index (χ0) is 12.3. The zero-order valence-corrected chi connectivity index (χ0v) is 10.0. The lowest BCUT2D eigenvalue weighted by Crippen LogP contribution is -2.25. The molecule has 4 heteroatoms. The molecule has 0 amide bonds. The summed E-state index contributed by atoms with van der Waals surface area (Å²) in [4.78, 5) is 0. The van der Waals surface area contributed by atoms with Crippen LogP contribution >= 0.6 is 0 Å². The van der Waals surface area contributed by atoms with Crippen molar-refractivity contribution < 1.29 is 14.2 Å². The molecule has 17 heavy (non-hydrogen) atoms. The first-order valence-corrected chi connectivity index (χ1v) is 5.62. The van der Waals surface area contributed by atoms with Crippen molar-refractivity contribution in [2.75, 3.05) is 14.2 Å². The van der Waals surface area contributed by atoms with Crippen molar-refractivity contribution in [2.24, 2.45) is 0 Å². The van der Waals surface area contributed by atoms with Crippen LogP contribution < -0.4 is 14.2 Å². The van der Waals surface area contributed by atoms with Crippen LogP contribution in [0.5, 0.6) is 17.2 Å². The van der Waals surface area contributed by atoms with Gasteiger partial charge in [-0.05, 0) is 31.4 Å². The minimum absolute atomic E-state index is 0.197. The molecular formula is C13H15NO3. The average molecular weight is 233 g/mol. The Bertz CT molecular complexity index is 447. The third-order valence-corrected chi connectivity index (χ3v) is 2.96. The molecule has 0 N–H and O–H groups in total. The number of benzene rings is 1. The summed E-state index contributed by atoms with van der Waals surface area (Å²) in [7, 11) is 3.11. The van der Waals surface area contributed by atoms with Gasteiger partial charge in [-0.1, -0.05) is 0 Å². The normalized spacial score (nSPS) is 14.6. The Kier molecular flexibility index (Phi) is 3.38. The molecule has 4 nitrogen and oxygen atoms in total. The van der Waals surface area contributed by atoms with Crippen LogP contribution in [0.15, 0.2) is 12.1 Å². The van der Waals surface area contributed by atoms with Crippen LogP contribution in [0.1, 0.15) is 24.8 Å². The van der Waals surface area contributed by atoms with Crippen LogP contribution in [0, 0.1) is 11.3 Å². The molecule has 0 aliphatic heterocycles. The van der Waals surface area contributed by atoms with Crippen molar-refractivity contribution in [3.63, 3.8) is 0 Å². The number of methoxy groups -OCH3 is 2. The smallest absolute Gasteiger partial charge is 0.204 e. The van der Waals surface area contributed by atoms with E-state index in [1.54, 1.807) is 26.4 Å². The molecule has 0 bridgehead atoms. The number of hydrogen-bond acceptors (Lipinski definition) is 4. The summed E-state index contributed by atoms with van der Waals surface area (Å²) >= 11 is 0. The molecule has 90 valence electrons. The molecule has 0 aromatic heterocycles. The van der Waals surface area contributed by atoms with Crippen LogP contribution in [0.2, 0.25) is 0 Å². The van der Waals surface area contributed by atoms with E-state index in [1.807, 2.05) is 0 Å². The summed E-state index contributed by atoms with van der Waals surface area (Å²) < 4.78 is 16.3. The number of hydrogen-bond donors (Lipinski definition) is 0. The van der Waals surface area contributed by atoms with Gasteiger partial charge < -0.3 is 14.2 Å². The minimum atomic E-state index is 0.197. The molecule has 0 radical (unpaired) electrons. The van der Waals surface area contributed by atoms with Gasteiger partial charge in [-0.2, -0.15) is 5.26 Å². The second-order valence-corrected chi connectivity index (χ2v) is 3.96. The molecule has 1 saturated carbocycles. The molecule has 1 aliphatic carbocycles. The van der Waals surface area contributed by atoms with E-state index >= 15 is 0 Å². The molecule has 0 unspecified atom stereocenters. The topological polar surface area (TPSA) is 51.5 Å². The van der Waals surface area contributed by atoms with E-state index in [0.29, 0.717) is 22.8 Å². The van der Waals surface area contributed by atoms with Gasteiger partial charge in [0, 0.05) is 0 Å². The van der Waals surface area contributed by atoms with E-state index < -0.39 is 0 Å². The van der Waals surface area contributed by atoms with E-state index in [9.17, 15) is 0 Å². The highest BCUT2D eigenvalue weighted by molar-refractivity contribution is 5.59. The maximum Gasteiger partial charge on any atom is 0.204 e. The highest BCUT2D eigenvalue weighted by Gasteiger charge is 2.24. The monoisotopic (exact) mass is 233 g/mol. The fourth-order valence-electron chi connectivity index (χ4n) is 1.76. The Morgan fingerprint density at radius 2 is 1.94 bits per heavy atom. The zero-order valence-electron chi connectivity index (χ0n) is 10.0. The van der Waals surface area contributed by atoms with Crippen LogP contribution in [-0.4, -0.2) is 20.3 Å². The van der Waals surface area contributed by atoms with Crippen molar-refractivity contribution in [3.05, 3.63) is 17.7 Å². The molecule has 1 aliphatic rings. The summed E-state index contributed by atoms with van der Waals surface area (Å²) in [6, 6.07) is 5.52. The van der Waals surface area contributed by atoms with Crippen molar-refractivity contribution in [2.45, 2.75) is 25.4 Å².